The lowest BCUT2D eigenvalue weighted by Crippen LogP contribution is -2.61. The van der Waals surface area contributed by atoms with E-state index in [0.717, 1.165) is 18.2 Å². The standard InChI is InChI=1S/C24H24F4N4O6S/c1-36-21-10-17(14-3-2-4-16(9-14)24(26,27)28)18(25)11-20(21)32-19-5-7-31(12-15(19)13-37-23(32)33)39(34,35)30-22-6-8-38-29-22/h2-4,6,8-11,15,19,23,33H,5,7,12-13H2,1H3,(H,29,30)/t15-,19+,23?/m1/s1. The van der Waals surface area contributed by atoms with E-state index in [0.29, 0.717) is 0 Å². The fourth-order valence-corrected chi connectivity index (χ4v) is 6.17. The number of methoxy groups -OCH3 is 1. The van der Waals surface area contributed by atoms with Crippen molar-refractivity contribution in [1.82, 2.24) is 9.46 Å². The number of aliphatic hydroxyl groups is 1. The Morgan fingerprint density at radius 2 is 2.00 bits per heavy atom. The molecule has 2 N–H and O–H groups in total. The van der Waals surface area contributed by atoms with Crippen LogP contribution in [0.1, 0.15) is 12.0 Å². The van der Waals surface area contributed by atoms with Gasteiger partial charge in [-0.25, -0.2) is 4.39 Å². The molecule has 3 aromatic rings. The number of aromatic nitrogens is 1. The first kappa shape index (κ1) is 27.2. The lowest BCUT2D eigenvalue weighted by atomic mass is 9.90. The van der Waals surface area contributed by atoms with Gasteiger partial charge in [0.05, 0.1) is 25.0 Å². The molecular weight excluding hydrogens is 548 g/mol. The largest absolute Gasteiger partial charge is 0.495 e. The third-order valence-electron chi connectivity index (χ3n) is 6.77. The van der Waals surface area contributed by atoms with Gasteiger partial charge in [-0.05, 0) is 30.2 Å². The molecule has 2 aliphatic rings. The molecule has 210 valence electrons. The van der Waals surface area contributed by atoms with Crippen LogP contribution >= 0.6 is 0 Å². The number of hydrogen-bond acceptors (Lipinski definition) is 8. The van der Waals surface area contributed by atoms with Crippen LogP contribution in [0.3, 0.4) is 0 Å². The molecule has 0 radical (unpaired) electrons. The van der Waals surface area contributed by atoms with Crippen LogP contribution in [0.4, 0.5) is 29.1 Å². The van der Waals surface area contributed by atoms with Gasteiger partial charge < -0.3 is 24.0 Å². The predicted octanol–water partition coefficient (Wildman–Crippen LogP) is 3.67. The molecule has 0 spiro atoms. The maximum absolute atomic E-state index is 15.4. The summed E-state index contributed by atoms with van der Waals surface area (Å²) < 4.78 is 99.8. The normalized spacial score (nSPS) is 22.4. The predicted molar refractivity (Wildman–Crippen MR) is 130 cm³/mol. The highest BCUT2D eigenvalue weighted by atomic mass is 32.2. The second-order valence-corrected chi connectivity index (χ2v) is 10.8. The second-order valence-electron chi connectivity index (χ2n) is 9.12. The fourth-order valence-electron chi connectivity index (χ4n) is 4.94. The van der Waals surface area contributed by atoms with Gasteiger partial charge in [-0.2, -0.15) is 25.9 Å². The number of aliphatic hydroxyl groups excluding tert-OH is 1. The van der Waals surface area contributed by atoms with E-state index in [-0.39, 0.29) is 54.5 Å². The zero-order valence-electron chi connectivity index (χ0n) is 20.4. The Morgan fingerprint density at radius 3 is 2.69 bits per heavy atom. The third kappa shape index (κ3) is 5.39. The van der Waals surface area contributed by atoms with Crippen LogP contribution in [-0.2, 0) is 21.1 Å². The van der Waals surface area contributed by atoms with Gasteiger partial charge in [0.25, 0.3) is 0 Å². The Labute approximate surface area is 220 Å². The molecule has 3 atom stereocenters. The smallest absolute Gasteiger partial charge is 0.416 e. The van der Waals surface area contributed by atoms with Crippen molar-refractivity contribution in [2.24, 2.45) is 5.92 Å². The van der Waals surface area contributed by atoms with Crippen molar-refractivity contribution in [2.45, 2.75) is 25.1 Å². The maximum Gasteiger partial charge on any atom is 0.416 e. The van der Waals surface area contributed by atoms with Crippen LogP contribution in [0.25, 0.3) is 11.1 Å². The highest BCUT2D eigenvalue weighted by Crippen LogP contribution is 2.42. The molecule has 0 amide bonds. The Morgan fingerprint density at radius 1 is 1.21 bits per heavy atom. The molecule has 2 fully saturated rings. The number of alkyl halides is 3. The van der Waals surface area contributed by atoms with E-state index >= 15 is 4.39 Å². The molecule has 2 aliphatic heterocycles. The summed E-state index contributed by atoms with van der Waals surface area (Å²) in [6.45, 7) is 0.143. The van der Waals surface area contributed by atoms with Gasteiger partial charge in [-0.3, -0.25) is 4.72 Å². The number of rotatable bonds is 6. The molecule has 1 unspecified atom stereocenters. The van der Waals surface area contributed by atoms with Crippen molar-refractivity contribution in [2.75, 3.05) is 36.4 Å². The van der Waals surface area contributed by atoms with E-state index in [2.05, 4.69) is 14.4 Å². The number of ether oxygens (including phenoxy) is 2. The van der Waals surface area contributed by atoms with Gasteiger partial charge in [0.1, 0.15) is 17.8 Å². The lowest BCUT2D eigenvalue weighted by molar-refractivity contribution is -0.149. The van der Waals surface area contributed by atoms with E-state index in [1.54, 1.807) is 0 Å². The molecule has 0 aliphatic carbocycles. The molecule has 1 aromatic heterocycles. The van der Waals surface area contributed by atoms with Crippen LogP contribution < -0.4 is 14.4 Å². The highest BCUT2D eigenvalue weighted by Gasteiger charge is 2.44. The van der Waals surface area contributed by atoms with E-state index in [9.17, 15) is 26.7 Å². The van der Waals surface area contributed by atoms with Crippen LogP contribution in [-0.4, -0.2) is 62.2 Å². The van der Waals surface area contributed by atoms with E-state index in [1.807, 2.05) is 0 Å². The van der Waals surface area contributed by atoms with Crippen molar-refractivity contribution in [3.63, 3.8) is 0 Å². The fraction of sp³-hybridized carbons (Fsp3) is 0.375. The summed E-state index contributed by atoms with van der Waals surface area (Å²) in [4.78, 5) is 1.40. The average molecular weight is 573 g/mol. The van der Waals surface area contributed by atoms with Gasteiger partial charge in [-0.1, -0.05) is 17.3 Å². The van der Waals surface area contributed by atoms with Gasteiger partial charge in [-0.15, -0.1) is 0 Å². The molecule has 3 heterocycles. The Kier molecular flexibility index (Phi) is 7.17. The number of benzene rings is 2. The number of anilines is 2. The summed E-state index contributed by atoms with van der Waals surface area (Å²) in [6.07, 6.45) is -4.61. The van der Waals surface area contributed by atoms with Gasteiger partial charge in [0.2, 0.25) is 6.41 Å². The van der Waals surface area contributed by atoms with Crippen LogP contribution in [0.15, 0.2) is 53.3 Å². The van der Waals surface area contributed by atoms with Gasteiger partial charge in [0, 0.05) is 42.7 Å². The summed E-state index contributed by atoms with van der Waals surface area (Å²) >= 11 is 0. The summed E-state index contributed by atoms with van der Waals surface area (Å²) in [5.41, 5.74) is -0.932. The quantitative estimate of drug-likeness (QED) is 0.430. The minimum atomic E-state index is -4.60. The minimum absolute atomic E-state index is 0.00128. The molecule has 39 heavy (non-hydrogen) atoms. The summed E-state index contributed by atoms with van der Waals surface area (Å²) in [5, 5.41) is 14.3. The van der Waals surface area contributed by atoms with Crippen LogP contribution in [0, 0.1) is 11.7 Å². The Hall–Kier alpha value is -3.40. The van der Waals surface area contributed by atoms with Gasteiger partial charge in [0.15, 0.2) is 5.82 Å². The topological polar surface area (TPSA) is 117 Å². The summed E-state index contributed by atoms with van der Waals surface area (Å²) in [7, 11) is -2.65. The van der Waals surface area contributed by atoms with E-state index < -0.39 is 46.1 Å². The first-order chi connectivity index (χ1) is 18.5. The van der Waals surface area contributed by atoms with Crippen LogP contribution in [0.5, 0.6) is 5.75 Å². The molecule has 0 bridgehead atoms. The van der Waals surface area contributed by atoms with Crippen molar-refractivity contribution >= 4 is 21.7 Å². The zero-order chi connectivity index (χ0) is 27.9. The molecular formula is C24H24F4N4O6S. The summed E-state index contributed by atoms with van der Waals surface area (Å²) in [6, 6.07) is 7.50. The molecule has 2 aromatic carbocycles. The second kappa shape index (κ2) is 10.3. The molecule has 10 nitrogen and oxygen atoms in total. The number of piperidine rings is 1. The monoisotopic (exact) mass is 572 g/mol. The van der Waals surface area contributed by atoms with Crippen molar-refractivity contribution in [3.05, 3.63) is 60.1 Å². The molecule has 2 saturated heterocycles. The SMILES string of the molecule is COc1cc(-c2cccc(C(F)(F)F)c2)c(F)cc1N1C(O)OC[C@H]2CN(S(=O)(=O)Nc3ccon3)CC[C@@H]21. The lowest BCUT2D eigenvalue weighted by Gasteiger charge is -2.49. The van der Waals surface area contributed by atoms with Crippen LogP contribution in [0.2, 0.25) is 0 Å². The number of fused-ring (bicyclic) bond motifs is 1. The minimum Gasteiger partial charge on any atom is -0.495 e. The highest BCUT2D eigenvalue weighted by molar-refractivity contribution is 7.90. The number of nitrogens with zero attached hydrogens (tertiary/aromatic N) is 3. The maximum atomic E-state index is 15.4. The van der Waals surface area contributed by atoms with Crippen molar-refractivity contribution in [3.8, 4) is 16.9 Å². The Bertz CT molecular complexity index is 1440. The summed E-state index contributed by atoms with van der Waals surface area (Å²) in [5.74, 6) is -1.13. The van der Waals surface area contributed by atoms with Gasteiger partial charge >= 0.3 is 16.4 Å². The molecule has 15 heteroatoms. The first-order valence-electron chi connectivity index (χ1n) is 11.8. The third-order valence-corrected chi connectivity index (χ3v) is 8.25. The Balaban J connectivity index is 1.43. The van der Waals surface area contributed by atoms with Crippen molar-refractivity contribution in [1.29, 1.82) is 0 Å². The number of nitrogens with one attached hydrogen (secondary N) is 1. The first-order valence-corrected chi connectivity index (χ1v) is 13.2. The number of halogens is 4. The molecule has 0 saturated carbocycles. The average Bonchev–Trinajstić information content (AvgIpc) is 3.40. The zero-order valence-corrected chi connectivity index (χ0v) is 21.2. The van der Waals surface area contributed by atoms with E-state index in [1.165, 1.54) is 46.8 Å². The van der Waals surface area contributed by atoms with Crippen molar-refractivity contribution < 1.29 is 45.1 Å². The van der Waals surface area contributed by atoms with E-state index in [4.69, 9.17) is 9.47 Å². The molecule has 5 rings (SSSR count). The number of hydrogen-bond donors (Lipinski definition) is 2.